The molecule has 1 saturated carbocycles. The molecule has 1 fully saturated rings. The lowest BCUT2D eigenvalue weighted by atomic mass is 9.84. The first-order valence-electron chi connectivity index (χ1n) is 6.98. The fourth-order valence-corrected chi connectivity index (χ4v) is 2.82. The van der Waals surface area contributed by atoms with E-state index < -0.39 is 0 Å². The van der Waals surface area contributed by atoms with Crippen LogP contribution in [-0.4, -0.2) is 13.1 Å². The Balaban J connectivity index is 2.40. The molecule has 1 rings (SSSR count). The molecule has 0 aliphatic heterocycles. The molecule has 1 aliphatic rings. The summed E-state index contributed by atoms with van der Waals surface area (Å²) in [6.45, 7) is 6.48. The van der Waals surface area contributed by atoms with Gasteiger partial charge in [-0.25, -0.2) is 0 Å². The van der Waals surface area contributed by atoms with Crippen LogP contribution < -0.4 is 5.32 Å². The zero-order valence-electron chi connectivity index (χ0n) is 11.0. The van der Waals surface area contributed by atoms with Crippen molar-refractivity contribution in [1.82, 2.24) is 5.32 Å². The van der Waals surface area contributed by atoms with Gasteiger partial charge in [-0.05, 0) is 44.7 Å². The molecule has 92 valence electrons. The second-order valence-electron chi connectivity index (χ2n) is 4.93. The van der Waals surface area contributed by atoms with Crippen LogP contribution in [0.5, 0.6) is 0 Å². The van der Waals surface area contributed by atoms with Crippen molar-refractivity contribution >= 4 is 0 Å². The highest BCUT2D eigenvalue weighted by atomic mass is 14.8. The van der Waals surface area contributed by atoms with E-state index in [-0.39, 0.29) is 0 Å². The summed E-state index contributed by atoms with van der Waals surface area (Å²) in [7, 11) is 0. The van der Waals surface area contributed by atoms with Crippen molar-refractivity contribution in [3.63, 3.8) is 0 Å². The van der Waals surface area contributed by atoms with Crippen molar-refractivity contribution in [2.24, 2.45) is 11.8 Å². The maximum Gasteiger partial charge on any atom is 0.00913 e. The predicted molar refractivity (Wildman–Crippen MR) is 71.3 cm³/mol. The quantitative estimate of drug-likeness (QED) is 0.552. The van der Waals surface area contributed by atoms with Gasteiger partial charge in [0.1, 0.15) is 0 Å². The molecule has 0 aromatic rings. The van der Waals surface area contributed by atoms with E-state index in [4.69, 9.17) is 0 Å². The molecule has 0 bridgehead atoms. The van der Waals surface area contributed by atoms with E-state index in [1.54, 1.807) is 0 Å². The molecule has 0 aromatic carbocycles. The third-order valence-electron chi connectivity index (χ3n) is 3.79. The van der Waals surface area contributed by atoms with Crippen molar-refractivity contribution in [2.45, 2.75) is 58.8 Å². The smallest absolute Gasteiger partial charge is 0.00913 e. The summed E-state index contributed by atoms with van der Waals surface area (Å²) in [4.78, 5) is 0. The van der Waals surface area contributed by atoms with Gasteiger partial charge in [0, 0.05) is 6.42 Å². The van der Waals surface area contributed by atoms with Gasteiger partial charge in [0.15, 0.2) is 0 Å². The Labute approximate surface area is 101 Å². The standard InChI is InChI=1S/C15H27N/c1-3-5-7-10-14-11-8-6-9-12-15(14)13-16-4-2/h14-16H,4,6-13H2,1-2H3. The van der Waals surface area contributed by atoms with E-state index in [0.29, 0.717) is 0 Å². The predicted octanol–water partition coefficient (Wildman–Crippen LogP) is 3.60. The molecule has 2 unspecified atom stereocenters. The second-order valence-corrected chi connectivity index (χ2v) is 4.93. The first kappa shape index (κ1) is 13.6. The molecule has 0 amide bonds. The van der Waals surface area contributed by atoms with Crippen molar-refractivity contribution in [1.29, 1.82) is 0 Å². The van der Waals surface area contributed by atoms with E-state index in [9.17, 15) is 0 Å². The molecule has 1 N–H and O–H groups in total. The summed E-state index contributed by atoms with van der Waals surface area (Å²) in [5.41, 5.74) is 0. The molecular weight excluding hydrogens is 194 g/mol. The Morgan fingerprint density at radius 2 is 1.88 bits per heavy atom. The van der Waals surface area contributed by atoms with Crippen molar-refractivity contribution < 1.29 is 0 Å². The maximum absolute atomic E-state index is 3.53. The van der Waals surface area contributed by atoms with Gasteiger partial charge < -0.3 is 5.32 Å². The van der Waals surface area contributed by atoms with Crippen LogP contribution in [0.4, 0.5) is 0 Å². The van der Waals surface area contributed by atoms with Gasteiger partial charge in [-0.15, -0.1) is 11.8 Å². The summed E-state index contributed by atoms with van der Waals surface area (Å²) in [6, 6.07) is 0. The van der Waals surface area contributed by atoms with E-state index in [0.717, 1.165) is 24.8 Å². The van der Waals surface area contributed by atoms with Gasteiger partial charge >= 0.3 is 0 Å². The van der Waals surface area contributed by atoms with Crippen LogP contribution in [0.25, 0.3) is 0 Å². The molecule has 16 heavy (non-hydrogen) atoms. The molecule has 1 heteroatoms. The highest BCUT2D eigenvalue weighted by Gasteiger charge is 2.22. The van der Waals surface area contributed by atoms with E-state index >= 15 is 0 Å². The Morgan fingerprint density at radius 3 is 2.56 bits per heavy atom. The Hall–Kier alpha value is -0.480. The third kappa shape index (κ3) is 5.03. The zero-order valence-corrected chi connectivity index (χ0v) is 11.0. The lowest BCUT2D eigenvalue weighted by molar-refractivity contribution is 0.287. The minimum Gasteiger partial charge on any atom is -0.317 e. The lowest BCUT2D eigenvalue weighted by Crippen LogP contribution is -2.27. The van der Waals surface area contributed by atoms with E-state index in [1.165, 1.54) is 45.1 Å². The Morgan fingerprint density at radius 1 is 1.12 bits per heavy atom. The molecule has 0 radical (unpaired) electrons. The first-order valence-corrected chi connectivity index (χ1v) is 6.98. The molecular formula is C15H27N. The summed E-state index contributed by atoms with van der Waals surface area (Å²) in [5, 5.41) is 3.53. The normalized spacial score (nSPS) is 25.6. The van der Waals surface area contributed by atoms with Crippen LogP contribution in [0.3, 0.4) is 0 Å². The van der Waals surface area contributed by atoms with Gasteiger partial charge in [-0.3, -0.25) is 0 Å². The van der Waals surface area contributed by atoms with Crippen molar-refractivity contribution in [2.75, 3.05) is 13.1 Å². The third-order valence-corrected chi connectivity index (χ3v) is 3.79. The Bertz CT molecular complexity index is 223. The summed E-state index contributed by atoms with van der Waals surface area (Å²) >= 11 is 0. The minimum absolute atomic E-state index is 0.904. The van der Waals surface area contributed by atoms with Crippen LogP contribution in [-0.2, 0) is 0 Å². The maximum atomic E-state index is 3.53. The summed E-state index contributed by atoms with van der Waals surface area (Å²) < 4.78 is 0. The monoisotopic (exact) mass is 221 g/mol. The molecule has 2 atom stereocenters. The van der Waals surface area contributed by atoms with Gasteiger partial charge in [-0.1, -0.05) is 32.6 Å². The fraction of sp³-hybridized carbons (Fsp3) is 0.867. The zero-order chi connectivity index (χ0) is 11.6. The first-order chi connectivity index (χ1) is 7.88. The summed E-state index contributed by atoms with van der Waals surface area (Å²) in [5.74, 6) is 8.06. The number of rotatable bonds is 5. The molecule has 0 heterocycles. The molecule has 0 spiro atoms. The van der Waals surface area contributed by atoms with Gasteiger partial charge in [-0.2, -0.15) is 0 Å². The number of nitrogens with one attached hydrogen (secondary N) is 1. The molecule has 1 nitrogen and oxygen atoms in total. The lowest BCUT2D eigenvalue weighted by Gasteiger charge is -2.24. The van der Waals surface area contributed by atoms with Crippen LogP contribution in [0.1, 0.15) is 58.8 Å². The van der Waals surface area contributed by atoms with Gasteiger partial charge in [0.25, 0.3) is 0 Å². The second kappa shape index (κ2) is 8.65. The van der Waals surface area contributed by atoms with Gasteiger partial charge in [0.2, 0.25) is 0 Å². The van der Waals surface area contributed by atoms with Gasteiger partial charge in [0.05, 0.1) is 0 Å². The largest absolute Gasteiger partial charge is 0.317 e. The number of hydrogen-bond acceptors (Lipinski definition) is 1. The molecule has 0 aromatic heterocycles. The SMILES string of the molecule is CC#CCCC1CCCCCC1CNCC. The highest BCUT2D eigenvalue weighted by molar-refractivity contribution is 4.95. The van der Waals surface area contributed by atoms with E-state index in [1.807, 2.05) is 6.92 Å². The van der Waals surface area contributed by atoms with Crippen LogP contribution in [0, 0.1) is 23.7 Å². The fourth-order valence-electron chi connectivity index (χ4n) is 2.82. The average Bonchev–Trinajstić information content (AvgIpc) is 2.52. The summed E-state index contributed by atoms with van der Waals surface area (Å²) in [6.07, 6.45) is 9.59. The van der Waals surface area contributed by atoms with Crippen LogP contribution >= 0.6 is 0 Å². The molecule has 0 saturated heterocycles. The van der Waals surface area contributed by atoms with Crippen LogP contribution in [0.15, 0.2) is 0 Å². The topological polar surface area (TPSA) is 12.0 Å². The minimum atomic E-state index is 0.904. The highest BCUT2D eigenvalue weighted by Crippen LogP contribution is 2.31. The number of hydrogen-bond donors (Lipinski definition) is 1. The van der Waals surface area contributed by atoms with Crippen LogP contribution in [0.2, 0.25) is 0 Å². The average molecular weight is 221 g/mol. The van der Waals surface area contributed by atoms with E-state index in [2.05, 4.69) is 24.1 Å². The Kier molecular flexibility index (Phi) is 7.34. The van der Waals surface area contributed by atoms with Crippen molar-refractivity contribution in [3.8, 4) is 11.8 Å². The molecule has 1 aliphatic carbocycles. The van der Waals surface area contributed by atoms with Crippen molar-refractivity contribution in [3.05, 3.63) is 0 Å².